The number of carbonyl (C=O) groups excluding carboxylic acids is 1. The molecule has 0 amide bonds. The predicted octanol–water partition coefficient (Wildman–Crippen LogP) is 4.00. The molecule has 0 aliphatic carbocycles. The van der Waals surface area contributed by atoms with Gasteiger partial charge < -0.3 is 0 Å². The van der Waals surface area contributed by atoms with Gasteiger partial charge in [0.1, 0.15) is 0 Å². The van der Waals surface area contributed by atoms with E-state index in [1.165, 1.54) is 11.1 Å². The number of carbonyl (C=O) groups is 1. The molecule has 0 aromatic carbocycles. The number of hydrogen-bond acceptors (Lipinski definition) is 1. The van der Waals surface area contributed by atoms with Crippen molar-refractivity contribution < 1.29 is 4.79 Å². The van der Waals surface area contributed by atoms with Gasteiger partial charge in [0, 0.05) is 5.57 Å². The molecule has 2 heteroatoms. The third-order valence-corrected chi connectivity index (χ3v) is 2.54. The molecule has 0 aliphatic heterocycles. The number of halogens is 1. The lowest BCUT2D eigenvalue weighted by Crippen LogP contribution is -1.90. The average molecular weight is 213 g/mol. The predicted molar refractivity (Wildman–Crippen MR) is 62.4 cm³/mol. The Labute approximate surface area is 91.1 Å². The first-order chi connectivity index (χ1) is 6.36. The van der Waals surface area contributed by atoms with Crippen molar-refractivity contribution in [2.75, 3.05) is 0 Å². The van der Waals surface area contributed by atoms with Crippen LogP contribution in [0.4, 0.5) is 0 Å². The second-order valence-electron chi connectivity index (χ2n) is 3.60. The van der Waals surface area contributed by atoms with Crippen molar-refractivity contribution >= 4 is 16.8 Å². The molecule has 0 atom stereocenters. The first kappa shape index (κ1) is 13.2. The molecule has 0 N–H and O–H groups in total. The second-order valence-corrected chi connectivity index (χ2v) is 3.94. The summed E-state index contributed by atoms with van der Waals surface area (Å²) < 4.78 is 0. The molecule has 0 unspecified atom stereocenters. The van der Waals surface area contributed by atoms with Crippen LogP contribution in [0.3, 0.4) is 0 Å². The van der Waals surface area contributed by atoms with E-state index in [-0.39, 0.29) is 5.24 Å². The maximum atomic E-state index is 10.8. The average Bonchev–Trinajstić information content (AvgIpc) is 2.11. The maximum absolute atomic E-state index is 10.8. The van der Waals surface area contributed by atoms with Crippen LogP contribution < -0.4 is 0 Å². The fourth-order valence-electron chi connectivity index (χ4n) is 0.697. The Morgan fingerprint density at radius 1 is 0.929 bits per heavy atom. The van der Waals surface area contributed by atoms with Crippen molar-refractivity contribution in [3.8, 4) is 0 Å². The summed E-state index contributed by atoms with van der Waals surface area (Å²) in [6, 6.07) is 0. The summed E-state index contributed by atoms with van der Waals surface area (Å²) in [5.74, 6) is 0. The van der Waals surface area contributed by atoms with Crippen LogP contribution in [-0.4, -0.2) is 5.24 Å². The molecule has 78 valence electrons. The summed E-state index contributed by atoms with van der Waals surface area (Å²) >= 11 is 5.36. The molecule has 0 radical (unpaired) electrons. The van der Waals surface area contributed by atoms with Crippen LogP contribution in [0.15, 0.2) is 34.4 Å². The zero-order valence-electron chi connectivity index (χ0n) is 9.44. The topological polar surface area (TPSA) is 17.1 Å². The number of rotatable bonds is 3. The SMILES string of the molecule is CC(C)=C(C)/C=C/C(C)=C(\C)C(=O)Cl. The van der Waals surface area contributed by atoms with Gasteiger partial charge in [-0.2, -0.15) is 0 Å². The molecule has 0 aromatic rings. The molecule has 0 rings (SSSR count). The van der Waals surface area contributed by atoms with Gasteiger partial charge in [-0.05, 0) is 51.8 Å². The largest absolute Gasteiger partial charge is 0.276 e. The summed E-state index contributed by atoms with van der Waals surface area (Å²) in [5.41, 5.74) is 3.98. The standard InChI is InChI=1S/C12H17ClO/c1-8(2)9(3)6-7-10(4)11(5)12(13)14/h6-7H,1-5H3/b7-6+,11-10+. The number of allylic oxidation sites excluding steroid dienone is 6. The van der Waals surface area contributed by atoms with Gasteiger partial charge in [0.05, 0.1) is 0 Å². The molecule has 0 saturated heterocycles. The zero-order chi connectivity index (χ0) is 11.3. The monoisotopic (exact) mass is 212 g/mol. The van der Waals surface area contributed by atoms with E-state index in [0.717, 1.165) is 5.57 Å². The molecule has 0 fully saturated rings. The lowest BCUT2D eigenvalue weighted by atomic mass is 10.1. The molecular weight excluding hydrogens is 196 g/mol. The van der Waals surface area contributed by atoms with E-state index < -0.39 is 0 Å². The normalized spacial score (nSPS) is 12.7. The molecule has 0 heterocycles. The first-order valence-electron chi connectivity index (χ1n) is 4.55. The van der Waals surface area contributed by atoms with Crippen LogP contribution in [0.2, 0.25) is 0 Å². The van der Waals surface area contributed by atoms with Gasteiger partial charge in [-0.15, -0.1) is 0 Å². The van der Waals surface area contributed by atoms with Crippen LogP contribution >= 0.6 is 11.6 Å². The fraction of sp³-hybridized carbons (Fsp3) is 0.417. The number of hydrogen-bond donors (Lipinski definition) is 0. The minimum absolute atomic E-state index is 0.387. The Kier molecular flexibility index (Phi) is 5.47. The Morgan fingerprint density at radius 2 is 1.36 bits per heavy atom. The lowest BCUT2D eigenvalue weighted by molar-refractivity contribution is -0.108. The van der Waals surface area contributed by atoms with Crippen molar-refractivity contribution in [3.05, 3.63) is 34.4 Å². The first-order valence-corrected chi connectivity index (χ1v) is 4.93. The summed E-state index contributed by atoms with van der Waals surface area (Å²) in [6.45, 7) is 9.75. The zero-order valence-corrected chi connectivity index (χ0v) is 10.2. The van der Waals surface area contributed by atoms with Crippen molar-refractivity contribution in [2.45, 2.75) is 34.6 Å². The van der Waals surface area contributed by atoms with Crippen LogP contribution in [0, 0.1) is 0 Å². The summed E-state index contributed by atoms with van der Waals surface area (Å²) in [7, 11) is 0. The molecule has 0 aromatic heterocycles. The quantitative estimate of drug-likeness (QED) is 0.393. The van der Waals surface area contributed by atoms with Crippen molar-refractivity contribution in [1.82, 2.24) is 0 Å². The van der Waals surface area contributed by atoms with Gasteiger partial charge in [-0.3, -0.25) is 4.79 Å². The van der Waals surface area contributed by atoms with Crippen LogP contribution in [0.1, 0.15) is 34.6 Å². The highest BCUT2D eigenvalue weighted by molar-refractivity contribution is 6.67. The molecule has 14 heavy (non-hydrogen) atoms. The van der Waals surface area contributed by atoms with E-state index >= 15 is 0 Å². The highest BCUT2D eigenvalue weighted by Gasteiger charge is 2.01. The van der Waals surface area contributed by atoms with Gasteiger partial charge in [0.25, 0.3) is 0 Å². The van der Waals surface area contributed by atoms with Crippen LogP contribution in [-0.2, 0) is 4.79 Å². The highest BCUT2D eigenvalue weighted by Crippen LogP contribution is 2.11. The van der Waals surface area contributed by atoms with Gasteiger partial charge in [-0.1, -0.05) is 23.3 Å². The second kappa shape index (κ2) is 5.82. The van der Waals surface area contributed by atoms with E-state index in [4.69, 9.17) is 11.6 Å². The van der Waals surface area contributed by atoms with Gasteiger partial charge in [-0.25, -0.2) is 0 Å². The van der Waals surface area contributed by atoms with E-state index in [1.54, 1.807) is 6.92 Å². The van der Waals surface area contributed by atoms with Crippen molar-refractivity contribution in [3.63, 3.8) is 0 Å². The van der Waals surface area contributed by atoms with E-state index in [1.807, 2.05) is 26.0 Å². The molecule has 0 bridgehead atoms. The maximum Gasteiger partial charge on any atom is 0.248 e. The fourth-order valence-corrected chi connectivity index (χ4v) is 0.846. The third kappa shape index (κ3) is 4.43. The molecule has 0 spiro atoms. The summed E-state index contributed by atoms with van der Waals surface area (Å²) in [4.78, 5) is 10.8. The van der Waals surface area contributed by atoms with Gasteiger partial charge >= 0.3 is 0 Å². The van der Waals surface area contributed by atoms with Crippen molar-refractivity contribution in [2.24, 2.45) is 0 Å². The Balaban J connectivity index is 4.79. The van der Waals surface area contributed by atoms with Crippen LogP contribution in [0.5, 0.6) is 0 Å². The molecule has 1 nitrogen and oxygen atoms in total. The summed E-state index contributed by atoms with van der Waals surface area (Å²) in [6.07, 6.45) is 3.91. The molecule has 0 saturated carbocycles. The van der Waals surface area contributed by atoms with Crippen LogP contribution in [0.25, 0.3) is 0 Å². The Morgan fingerprint density at radius 3 is 1.71 bits per heavy atom. The minimum atomic E-state index is -0.387. The smallest absolute Gasteiger partial charge is 0.248 e. The van der Waals surface area contributed by atoms with Gasteiger partial charge in [0.15, 0.2) is 0 Å². The van der Waals surface area contributed by atoms with E-state index in [2.05, 4.69) is 13.8 Å². The Hall–Kier alpha value is -0.820. The Bertz CT molecular complexity index is 315. The van der Waals surface area contributed by atoms with E-state index in [9.17, 15) is 4.79 Å². The third-order valence-electron chi connectivity index (χ3n) is 2.26. The van der Waals surface area contributed by atoms with Crippen molar-refractivity contribution in [1.29, 1.82) is 0 Å². The minimum Gasteiger partial charge on any atom is -0.276 e. The highest BCUT2D eigenvalue weighted by atomic mass is 35.5. The molecule has 0 aliphatic rings. The summed E-state index contributed by atoms with van der Waals surface area (Å²) in [5, 5.41) is -0.387. The van der Waals surface area contributed by atoms with Gasteiger partial charge in [0.2, 0.25) is 5.24 Å². The molecular formula is C12H17ClO. The van der Waals surface area contributed by atoms with E-state index in [0.29, 0.717) is 5.57 Å². The lowest BCUT2D eigenvalue weighted by Gasteiger charge is -1.98.